The van der Waals surface area contributed by atoms with E-state index in [1.54, 1.807) is 6.92 Å². The van der Waals surface area contributed by atoms with Crippen molar-refractivity contribution >= 4 is 12.2 Å². The SMILES string of the molecule is CCn1c(-c2c(F)cc(F)cc2F)n[nH]c1=S. The summed E-state index contributed by atoms with van der Waals surface area (Å²) < 4.78 is 41.5. The Morgan fingerprint density at radius 1 is 1.29 bits per heavy atom. The van der Waals surface area contributed by atoms with E-state index in [2.05, 4.69) is 10.2 Å². The molecule has 1 heterocycles. The number of hydrogen-bond acceptors (Lipinski definition) is 2. The molecule has 2 aromatic rings. The van der Waals surface area contributed by atoms with Crippen LogP contribution in [-0.4, -0.2) is 14.8 Å². The highest BCUT2D eigenvalue weighted by Gasteiger charge is 2.18. The van der Waals surface area contributed by atoms with Gasteiger partial charge in [-0.15, -0.1) is 0 Å². The molecule has 0 unspecified atom stereocenters. The molecule has 3 nitrogen and oxygen atoms in total. The number of rotatable bonds is 2. The number of aromatic nitrogens is 3. The Hall–Kier alpha value is -1.63. The van der Waals surface area contributed by atoms with Crippen molar-refractivity contribution < 1.29 is 13.2 Å². The average molecular weight is 259 g/mol. The van der Waals surface area contributed by atoms with Crippen molar-refractivity contribution in [2.45, 2.75) is 13.5 Å². The number of halogens is 3. The Morgan fingerprint density at radius 3 is 2.41 bits per heavy atom. The summed E-state index contributed by atoms with van der Waals surface area (Å²) in [6.07, 6.45) is 0. The summed E-state index contributed by atoms with van der Waals surface area (Å²) in [5.74, 6) is -2.97. The van der Waals surface area contributed by atoms with Crippen LogP contribution in [0, 0.1) is 22.2 Å². The Kier molecular flexibility index (Phi) is 3.01. The molecule has 2 rings (SSSR count). The topological polar surface area (TPSA) is 33.6 Å². The molecule has 0 spiro atoms. The van der Waals surface area contributed by atoms with E-state index in [1.165, 1.54) is 4.57 Å². The third-order valence-corrected chi connectivity index (χ3v) is 2.62. The summed E-state index contributed by atoms with van der Waals surface area (Å²) in [4.78, 5) is 0. The lowest BCUT2D eigenvalue weighted by molar-refractivity contribution is 0.545. The van der Waals surface area contributed by atoms with Crippen LogP contribution in [0.15, 0.2) is 12.1 Å². The molecule has 1 aromatic carbocycles. The van der Waals surface area contributed by atoms with Gasteiger partial charge in [0, 0.05) is 18.7 Å². The van der Waals surface area contributed by atoms with Gasteiger partial charge in [-0.1, -0.05) is 0 Å². The Morgan fingerprint density at radius 2 is 1.88 bits per heavy atom. The van der Waals surface area contributed by atoms with E-state index < -0.39 is 17.5 Å². The van der Waals surface area contributed by atoms with Crippen LogP contribution in [0.5, 0.6) is 0 Å². The fraction of sp³-hybridized carbons (Fsp3) is 0.200. The molecular formula is C10H8F3N3S. The van der Waals surface area contributed by atoms with Crippen molar-refractivity contribution in [1.82, 2.24) is 14.8 Å². The van der Waals surface area contributed by atoms with E-state index in [4.69, 9.17) is 12.2 Å². The third kappa shape index (κ3) is 1.97. The molecule has 1 N–H and O–H groups in total. The maximum Gasteiger partial charge on any atom is 0.195 e. The molecule has 7 heteroatoms. The summed E-state index contributed by atoms with van der Waals surface area (Å²) in [6, 6.07) is 1.21. The molecule has 0 aliphatic carbocycles. The number of nitrogens with zero attached hydrogens (tertiary/aromatic N) is 2. The largest absolute Gasteiger partial charge is 0.300 e. The molecule has 0 saturated heterocycles. The standard InChI is InChI=1S/C10H8F3N3S/c1-2-16-9(14-15-10(16)17)8-6(12)3-5(11)4-7(8)13/h3-4H,2H2,1H3,(H,15,17). The predicted molar refractivity (Wildman–Crippen MR) is 58.4 cm³/mol. The summed E-state index contributed by atoms with van der Waals surface area (Å²) >= 11 is 4.91. The molecule has 0 saturated carbocycles. The predicted octanol–water partition coefficient (Wildman–Crippen LogP) is 3.04. The van der Waals surface area contributed by atoms with E-state index >= 15 is 0 Å². The van der Waals surface area contributed by atoms with Crippen molar-refractivity contribution in [3.63, 3.8) is 0 Å². The van der Waals surface area contributed by atoms with Gasteiger partial charge in [0.1, 0.15) is 17.5 Å². The average Bonchev–Trinajstić information content (AvgIpc) is 2.58. The highest BCUT2D eigenvalue weighted by Crippen LogP contribution is 2.25. The van der Waals surface area contributed by atoms with Gasteiger partial charge >= 0.3 is 0 Å². The zero-order chi connectivity index (χ0) is 12.6. The number of nitrogens with one attached hydrogen (secondary N) is 1. The third-order valence-electron chi connectivity index (χ3n) is 2.30. The second-order valence-electron chi connectivity index (χ2n) is 3.34. The molecule has 90 valence electrons. The number of H-pyrrole nitrogens is 1. The van der Waals surface area contributed by atoms with Gasteiger partial charge < -0.3 is 4.57 Å². The van der Waals surface area contributed by atoms with Crippen molar-refractivity contribution in [3.05, 3.63) is 34.4 Å². The summed E-state index contributed by atoms with van der Waals surface area (Å²) in [5.41, 5.74) is -0.388. The summed E-state index contributed by atoms with van der Waals surface area (Å²) in [6.45, 7) is 2.16. The monoisotopic (exact) mass is 259 g/mol. The fourth-order valence-corrected chi connectivity index (χ4v) is 1.82. The maximum atomic E-state index is 13.5. The van der Waals surface area contributed by atoms with Gasteiger partial charge in [-0.25, -0.2) is 13.2 Å². The molecule has 0 radical (unpaired) electrons. The minimum absolute atomic E-state index is 0.0208. The minimum Gasteiger partial charge on any atom is -0.300 e. The lowest BCUT2D eigenvalue weighted by Crippen LogP contribution is -2.02. The first-order chi connectivity index (χ1) is 8.04. The van der Waals surface area contributed by atoms with Gasteiger partial charge in [0.2, 0.25) is 0 Å². The van der Waals surface area contributed by atoms with Crippen molar-refractivity contribution in [1.29, 1.82) is 0 Å². The molecule has 0 atom stereocenters. The van der Waals surface area contributed by atoms with Gasteiger partial charge in [-0.2, -0.15) is 5.10 Å². The Labute approximate surface area is 99.9 Å². The molecule has 0 aliphatic rings. The van der Waals surface area contributed by atoms with E-state index in [-0.39, 0.29) is 16.2 Å². The highest BCUT2D eigenvalue weighted by molar-refractivity contribution is 7.71. The Balaban J connectivity index is 2.72. The zero-order valence-electron chi connectivity index (χ0n) is 8.80. The Bertz CT molecular complexity index is 594. The molecule has 0 amide bonds. The summed E-state index contributed by atoms with van der Waals surface area (Å²) in [5, 5.41) is 6.20. The van der Waals surface area contributed by atoms with Crippen LogP contribution >= 0.6 is 12.2 Å². The molecule has 17 heavy (non-hydrogen) atoms. The zero-order valence-corrected chi connectivity index (χ0v) is 9.61. The summed E-state index contributed by atoms with van der Waals surface area (Å²) in [7, 11) is 0. The van der Waals surface area contributed by atoms with Crippen LogP contribution in [0.2, 0.25) is 0 Å². The highest BCUT2D eigenvalue weighted by atomic mass is 32.1. The fourth-order valence-electron chi connectivity index (χ4n) is 1.56. The second-order valence-corrected chi connectivity index (χ2v) is 3.73. The van der Waals surface area contributed by atoms with Crippen LogP contribution in [0.4, 0.5) is 13.2 Å². The molecule has 0 bridgehead atoms. The molecular weight excluding hydrogens is 251 g/mol. The first kappa shape index (κ1) is 11.8. The first-order valence-electron chi connectivity index (χ1n) is 4.84. The molecule has 1 aromatic heterocycles. The van der Waals surface area contributed by atoms with E-state index in [9.17, 15) is 13.2 Å². The van der Waals surface area contributed by atoms with E-state index in [0.29, 0.717) is 18.7 Å². The number of aromatic amines is 1. The smallest absolute Gasteiger partial charge is 0.195 e. The van der Waals surface area contributed by atoms with E-state index in [0.717, 1.165) is 0 Å². The van der Waals surface area contributed by atoms with Gasteiger partial charge in [0.25, 0.3) is 0 Å². The van der Waals surface area contributed by atoms with Crippen LogP contribution in [0.25, 0.3) is 11.4 Å². The normalized spacial score (nSPS) is 10.8. The lowest BCUT2D eigenvalue weighted by Gasteiger charge is -2.06. The number of hydrogen-bond donors (Lipinski definition) is 1. The maximum absolute atomic E-state index is 13.5. The van der Waals surface area contributed by atoms with Crippen molar-refractivity contribution in [3.8, 4) is 11.4 Å². The van der Waals surface area contributed by atoms with Gasteiger partial charge in [0.15, 0.2) is 10.6 Å². The minimum atomic E-state index is -1.01. The molecule has 0 aliphatic heterocycles. The van der Waals surface area contributed by atoms with Crippen LogP contribution in [-0.2, 0) is 6.54 Å². The van der Waals surface area contributed by atoms with Gasteiger partial charge in [-0.3, -0.25) is 5.10 Å². The van der Waals surface area contributed by atoms with Crippen LogP contribution in [0.1, 0.15) is 6.92 Å². The van der Waals surface area contributed by atoms with Crippen LogP contribution in [0.3, 0.4) is 0 Å². The van der Waals surface area contributed by atoms with E-state index in [1.807, 2.05) is 0 Å². The van der Waals surface area contributed by atoms with Crippen molar-refractivity contribution in [2.24, 2.45) is 0 Å². The van der Waals surface area contributed by atoms with Gasteiger partial charge in [-0.05, 0) is 19.1 Å². The van der Waals surface area contributed by atoms with Crippen molar-refractivity contribution in [2.75, 3.05) is 0 Å². The quantitative estimate of drug-likeness (QED) is 0.841. The molecule has 0 fully saturated rings. The lowest BCUT2D eigenvalue weighted by atomic mass is 10.2. The second kappa shape index (κ2) is 4.33. The number of benzene rings is 1. The van der Waals surface area contributed by atoms with Crippen LogP contribution < -0.4 is 0 Å². The first-order valence-corrected chi connectivity index (χ1v) is 5.25. The van der Waals surface area contributed by atoms with Gasteiger partial charge in [0.05, 0.1) is 5.56 Å².